The molecular weight excluding hydrogens is 436 g/mol. The molecule has 2 saturated heterocycles. The average molecular weight is 479 g/mol. The summed E-state index contributed by atoms with van der Waals surface area (Å²) in [6, 6.07) is 0.0234. The van der Waals surface area contributed by atoms with Crippen LogP contribution in [-0.2, 0) is 18.9 Å². The van der Waals surface area contributed by atoms with Gasteiger partial charge < -0.3 is 29.6 Å². The fourth-order valence-electron chi connectivity index (χ4n) is 7.08. The van der Waals surface area contributed by atoms with Crippen molar-refractivity contribution in [1.29, 1.82) is 0 Å². The molecule has 2 heterocycles. The maximum atomic E-state index is 12.5. The lowest BCUT2D eigenvalue weighted by atomic mass is 9.62. The Labute approximate surface area is 203 Å². The van der Waals surface area contributed by atoms with Crippen molar-refractivity contribution in [3.8, 4) is 0 Å². The van der Waals surface area contributed by atoms with E-state index in [1.807, 2.05) is 0 Å². The summed E-state index contributed by atoms with van der Waals surface area (Å²) in [5.41, 5.74) is -0.0680. The molecule has 0 spiro atoms. The summed E-state index contributed by atoms with van der Waals surface area (Å²) in [4.78, 5) is 24.9. The van der Waals surface area contributed by atoms with Crippen molar-refractivity contribution in [3.63, 3.8) is 0 Å². The second-order valence-electron chi connectivity index (χ2n) is 12.7. The molecule has 3 aliphatic carbocycles. The van der Waals surface area contributed by atoms with Gasteiger partial charge in [0.1, 0.15) is 0 Å². The number of fused-ring (bicyclic) bond motifs is 2. The number of hydrogen-bond donors (Lipinski definition) is 2. The SMILES string of the molecule is CC1(C)CC(NC(=O)OCC2CCC3OC3C2)CC(C)(CNC(=O)OCC2CCC3OC3C2)C1. The van der Waals surface area contributed by atoms with E-state index >= 15 is 0 Å². The van der Waals surface area contributed by atoms with Crippen LogP contribution >= 0.6 is 0 Å². The summed E-state index contributed by atoms with van der Waals surface area (Å²) in [7, 11) is 0. The Morgan fingerprint density at radius 1 is 0.824 bits per heavy atom. The van der Waals surface area contributed by atoms with Crippen LogP contribution in [0, 0.1) is 22.7 Å². The predicted octanol–water partition coefficient (Wildman–Crippen LogP) is 4.16. The number of hydrogen-bond acceptors (Lipinski definition) is 6. The van der Waals surface area contributed by atoms with Crippen LogP contribution < -0.4 is 10.6 Å². The number of amides is 2. The topological polar surface area (TPSA) is 102 Å². The van der Waals surface area contributed by atoms with Crippen LogP contribution in [0.3, 0.4) is 0 Å². The van der Waals surface area contributed by atoms with Gasteiger partial charge in [-0.2, -0.15) is 0 Å². The van der Waals surface area contributed by atoms with Crippen LogP contribution in [0.15, 0.2) is 0 Å². The van der Waals surface area contributed by atoms with Crippen molar-refractivity contribution in [1.82, 2.24) is 10.6 Å². The Kier molecular flexibility index (Phi) is 6.75. The number of alkyl carbamates (subject to hydrolysis) is 2. The molecule has 8 atom stereocenters. The van der Waals surface area contributed by atoms with Gasteiger partial charge in [0, 0.05) is 12.6 Å². The van der Waals surface area contributed by atoms with Crippen molar-refractivity contribution >= 4 is 12.2 Å². The van der Waals surface area contributed by atoms with Gasteiger partial charge in [-0.3, -0.25) is 0 Å². The zero-order chi connectivity index (χ0) is 23.9. The van der Waals surface area contributed by atoms with Crippen LogP contribution in [0.2, 0.25) is 0 Å². The number of rotatable bonds is 7. The van der Waals surface area contributed by atoms with E-state index in [1.165, 1.54) is 0 Å². The third kappa shape index (κ3) is 6.36. The van der Waals surface area contributed by atoms with Gasteiger partial charge in [0.2, 0.25) is 0 Å². The van der Waals surface area contributed by atoms with Crippen LogP contribution in [-0.4, -0.2) is 62.4 Å². The molecule has 0 aromatic heterocycles. The molecule has 0 bridgehead atoms. The first kappa shape index (κ1) is 24.2. The lowest BCUT2D eigenvalue weighted by Gasteiger charge is -2.46. The highest BCUT2D eigenvalue weighted by molar-refractivity contribution is 5.68. The summed E-state index contributed by atoms with van der Waals surface area (Å²) >= 11 is 0. The minimum atomic E-state index is -0.346. The highest BCUT2D eigenvalue weighted by Crippen LogP contribution is 2.46. The zero-order valence-electron chi connectivity index (χ0n) is 21.0. The van der Waals surface area contributed by atoms with Crippen molar-refractivity contribution in [2.45, 2.75) is 109 Å². The summed E-state index contributed by atoms with van der Waals surface area (Å²) in [6.07, 6.45) is 10.0. The van der Waals surface area contributed by atoms with Gasteiger partial charge in [0.05, 0.1) is 37.6 Å². The smallest absolute Gasteiger partial charge is 0.407 e. The van der Waals surface area contributed by atoms with E-state index in [0.29, 0.717) is 56.0 Å². The lowest BCUT2D eigenvalue weighted by Crippen LogP contribution is -2.50. The number of nitrogens with one attached hydrogen (secondary N) is 2. The number of ether oxygens (including phenoxy) is 4. The van der Waals surface area contributed by atoms with Gasteiger partial charge in [-0.15, -0.1) is 0 Å². The van der Waals surface area contributed by atoms with Crippen molar-refractivity contribution in [3.05, 3.63) is 0 Å². The second-order valence-corrected chi connectivity index (χ2v) is 12.7. The molecule has 5 fully saturated rings. The first-order chi connectivity index (χ1) is 16.2. The summed E-state index contributed by atoms with van der Waals surface area (Å²) in [6.45, 7) is 8.11. The zero-order valence-corrected chi connectivity index (χ0v) is 21.0. The fraction of sp³-hybridized carbons (Fsp3) is 0.923. The second kappa shape index (κ2) is 9.49. The molecule has 2 aliphatic heterocycles. The first-order valence-corrected chi connectivity index (χ1v) is 13.3. The Morgan fingerprint density at radius 3 is 2.00 bits per heavy atom. The average Bonchev–Trinajstić information content (AvgIpc) is 3.67. The standard InChI is InChI=1S/C26H42N2O6/c1-25(2)10-18(28-24(30)32-13-17-5-7-20-22(9-17)34-20)11-26(3,14-25)15-27-23(29)31-12-16-4-6-19-21(8-16)33-19/h16-22H,4-15H2,1-3H3,(H,27,29)(H,28,30). The van der Waals surface area contributed by atoms with E-state index in [2.05, 4.69) is 31.4 Å². The summed E-state index contributed by atoms with van der Waals surface area (Å²) in [5, 5.41) is 6.10. The Hall–Kier alpha value is -1.54. The molecule has 2 N–H and O–H groups in total. The van der Waals surface area contributed by atoms with Crippen molar-refractivity contribution in [2.75, 3.05) is 19.8 Å². The molecule has 34 heavy (non-hydrogen) atoms. The fourth-order valence-corrected chi connectivity index (χ4v) is 7.08. The van der Waals surface area contributed by atoms with Crippen molar-refractivity contribution < 1.29 is 28.5 Å². The van der Waals surface area contributed by atoms with Crippen LogP contribution in [0.5, 0.6) is 0 Å². The quantitative estimate of drug-likeness (QED) is 0.533. The number of carbonyl (C=O) groups excluding carboxylic acids is 2. The Bertz CT molecular complexity index is 774. The molecule has 8 heteroatoms. The lowest BCUT2D eigenvalue weighted by molar-refractivity contribution is 0.0578. The van der Waals surface area contributed by atoms with E-state index in [-0.39, 0.29) is 29.1 Å². The van der Waals surface area contributed by atoms with Gasteiger partial charge >= 0.3 is 12.2 Å². The molecule has 0 aromatic carbocycles. The normalized spacial score (nSPS) is 41.9. The van der Waals surface area contributed by atoms with E-state index in [1.54, 1.807) is 0 Å². The van der Waals surface area contributed by atoms with Gasteiger partial charge in [-0.1, -0.05) is 20.8 Å². The molecule has 3 saturated carbocycles. The van der Waals surface area contributed by atoms with E-state index in [0.717, 1.165) is 57.8 Å². The molecule has 0 radical (unpaired) electrons. The van der Waals surface area contributed by atoms with Crippen molar-refractivity contribution in [2.24, 2.45) is 22.7 Å². The highest BCUT2D eigenvalue weighted by Gasteiger charge is 2.45. The first-order valence-electron chi connectivity index (χ1n) is 13.3. The van der Waals surface area contributed by atoms with E-state index < -0.39 is 0 Å². The van der Waals surface area contributed by atoms with E-state index in [9.17, 15) is 9.59 Å². The van der Waals surface area contributed by atoms with Gasteiger partial charge in [-0.05, 0) is 80.5 Å². The van der Waals surface area contributed by atoms with E-state index in [4.69, 9.17) is 18.9 Å². The number of carbonyl (C=O) groups is 2. The minimum Gasteiger partial charge on any atom is -0.449 e. The molecule has 192 valence electrons. The van der Waals surface area contributed by atoms with Crippen LogP contribution in [0.25, 0.3) is 0 Å². The number of epoxide rings is 2. The van der Waals surface area contributed by atoms with Gasteiger partial charge in [-0.25, -0.2) is 9.59 Å². The highest BCUT2D eigenvalue weighted by atomic mass is 16.6. The largest absolute Gasteiger partial charge is 0.449 e. The maximum Gasteiger partial charge on any atom is 0.407 e. The third-order valence-electron chi connectivity index (χ3n) is 8.55. The molecule has 8 nitrogen and oxygen atoms in total. The van der Waals surface area contributed by atoms with Crippen LogP contribution in [0.4, 0.5) is 9.59 Å². The predicted molar refractivity (Wildman–Crippen MR) is 125 cm³/mol. The molecule has 5 rings (SSSR count). The summed E-state index contributed by atoms with van der Waals surface area (Å²) < 4.78 is 22.2. The molecule has 8 unspecified atom stereocenters. The third-order valence-corrected chi connectivity index (χ3v) is 8.55. The van der Waals surface area contributed by atoms with Gasteiger partial charge in [0.15, 0.2) is 0 Å². The van der Waals surface area contributed by atoms with Gasteiger partial charge in [0.25, 0.3) is 0 Å². The summed E-state index contributed by atoms with van der Waals surface area (Å²) in [5.74, 6) is 0.815. The molecule has 0 aromatic rings. The van der Waals surface area contributed by atoms with Crippen LogP contribution in [0.1, 0.15) is 78.6 Å². The molecule has 5 aliphatic rings. The maximum absolute atomic E-state index is 12.5. The Balaban J connectivity index is 1.04. The Morgan fingerprint density at radius 2 is 1.41 bits per heavy atom. The molecule has 2 amide bonds. The minimum absolute atomic E-state index is 0.0234. The molecular formula is C26H42N2O6. The monoisotopic (exact) mass is 478 g/mol.